The Kier molecular flexibility index (Phi) is 6.19. The van der Waals surface area contributed by atoms with Gasteiger partial charge in [0.1, 0.15) is 17.7 Å². The van der Waals surface area contributed by atoms with E-state index in [0.717, 1.165) is 27.9 Å². The Morgan fingerprint density at radius 1 is 1.25 bits per heavy atom. The number of imidazole rings is 1. The number of ether oxygens (including phenoxy) is 1. The van der Waals surface area contributed by atoms with Crippen molar-refractivity contribution < 1.29 is 29.0 Å². The standard InChI is InChI=1S/C21H21N5O6/c1-4-11-7-12(21(31)32-3)5-6-13(11)10(2)24-19(28)14-8-15(20(29)30)26-9-23-16(17(22)27)18(26)25-14/h5-10H,4H2,1-3H3,(H2,22,27)(H,24,28)(H,29,30)/t10-/m0/s1. The van der Waals surface area contributed by atoms with E-state index in [0.29, 0.717) is 12.0 Å². The lowest BCUT2D eigenvalue weighted by Crippen LogP contribution is -2.29. The van der Waals surface area contributed by atoms with Crippen LogP contribution in [0.25, 0.3) is 5.65 Å². The number of aromatic nitrogens is 3. The number of aromatic carboxylic acids is 1. The van der Waals surface area contributed by atoms with Crippen LogP contribution in [0.3, 0.4) is 0 Å². The molecule has 0 aliphatic heterocycles. The predicted octanol–water partition coefficient (Wildman–Crippen LogP) is 1.37. The van der Waals surface area contributed by atoms with Crippen LogP contribution in [0.1, 0.15) is 72.8 Å². The van der Waals surface area contributed by atoms with Gasteiger partial charge in [-0.3, -0.25) is 14.0 Å². The highest BCUT2D eigenvalue weighted by Crippen LogP contribution is 2.22. The van der Waals surface area contributed by atoms with Crippen molar-refractivity contribution >= 4 is 29.4 Å². The molecule has 3 aromatic rings. The van der Waals surface area contributed by atoms with Crippen LogP contribution in [0.2, 0.25) is 0 Å². The number of carbonyl (C=O) groups is 4. The maximum atomic E-state index is 12.9. The van der Waals surface area contributed by atoms with Crippen molar-refractivity contribution in [2.24, 2.45) is 5.73 Å². The van der Waals surface area contributed by atoms with Crippen LogP contribution in [0.4, 0.5) is 0 Å². The lowest BCUT2D eigenvalue weighted by atomic mass is 9.97. The van der Waals surface area contributed by atoms with Gasteiger partial charge in [-0.05, 0) is 36.6 Å². The Morgan fingerprint density at radius 3 is 2.56 bits per heavy atom. The summed E-state index contributed by atoms with van der Waals surface area (Å²) in [5.74, 6) is -3.36. The fraction of sp³-hybridized carbons (Fsp3) is 0.238. The summed E-state index contributed by atoms with van der Waals surface area (Å²) in [7, 11) is 1.30. The van der Waals surface area contributed by atoms with Crippen molar-refractivity contribution in [2.75, 3.05) is 7.11 Å². The minimum absolute atomic E-state index is 0.133. The van der Waals surface area contributed by atoms with E-state index in [9.17, 15) is 24.3 Å². The second-order valence-corrected chi connectivity index (χ2v) is 6.94. The third-order valence-corrected chi connectivity index (χ3v) is 4.95. The Labute approximate surface area is 182 Å². The number of aryl methyl sites for hydroxylation is 1. The van der Waals surface area contributed by atoms with Crippen LogP contribution < -0.4 is 11.1 Å². The largest absolute Gasteiger partial charge is 0.477 e. The number of amides is 2. The number of carboxylic acid groups (broad SMARTS) is 1. The number of carbonyl (C=O) groups excluding carboxylic acids is 3. The number of hydrogen-bond acceptors (Lipinski definition) is 7. The monoisotopic (exact) mass is 439 g/mol. The van der Waals surface area contributed by atoms with E-state index in [-0.39, 0.29) is 22.7 Å². The zero-order valence-electron chi connectivity index (χ0n) is 17.6. The van der Waals surface area contributed by atoms with E-state index < -0.39 is 29.8 Å². The number of nitrogens with zero attached hydrogens (tertiary/aromatic N) is 3. The van der Waals surface area contributed by atoms with Gasteiger partial charge in [0, 0.05) is 6.07 Å². The molecule has 11 heteroatoms. The molecule has 1 aromatic carbocycles. The number of nitrogens with two attached hydrogens (primary N) is 1. The molecule has 0 saturated carbocycles. The topological polar surface area (TPSA) is 166 Å². The number of carboxylic acids is 1. The molecular formula is C21H21N5O6. The van der Waals surface area contributed by atoms with Gasteiger partial charge in [0.25, 0.3) is 11.8 Å². The van der Waals surface area contributed by atoms with Crippen LogP contribution in [0, 0.1) is 0 Å². The average Bonchev–Trinajstić information content (AvgIpc) is 3.21. The highest BCUT2D eigenvalue weighted by Gasteiger charge is 2.22. The molecule has 11 nitrogen and oxygen atoms in total. The van der Waals surface area contributed by atoms with Gasteiger partial charge in [0.2, 0.25) is 0 Å². The summed E-state index contributed by atoms with van der Waals surface area (Å²) in [6.07, 6.45) is 1.71. The second kappa shape index (κ2) is 8.84. The normalized spacial score (nSPS) is 11.7. The van der Waals surface area contributed by atoms with Crippen molar-refractivity contribution in [3.63, 3.8) is 0 Å². The minimum atomic E-state index is -1.33. The smallest absolute Gasteiger partial charge is 0.353 e. The van der Waals surface area contributed by atoms with E-state index in [2.05, 4.69) is 15.3 Å². The minimum Gasteiger partial charge on any atom is -0.477 e. The van der Waals surface area contributed by atoms with Gasteiger partial charge in [0.05, 0.1) is 18.7 Å². The number of fused-ring (bicyclic) bond motifs is 1. The molecule has 166 valence electrons. The highest BCUT2D eigenvalue weighted by molar-refractivity contribution is 6.00. The molecule has 2 aromatic heterocycles. The quantitative estimate of drug-likeness (QED) is 0.464. The second-order valence-electron chi connectivity index (χ2n) is 6.94. The maximum Gasteiger partial charge on any atom is 0.353 e. The zero-order chi connectivity index (χ0) is 23.6. The number of esters is 1. The van der Waals surface area contributed by atoms with Gasteiger partial charge >= 0.3 is 11.9 Å². The SMILES string of the molecule is CCc1cc(C(=O)OC)ccc1[C@H](C)NC(=O)c1cc(C(=O)O)n2cnc(C(N)=O)c2n1. The number of rotatable bonds is 7. The summed E-state index contributed by atoms with van der Waals surface area (Å²) < 4.78 is 5.81. The molecule has 0 bridgehead atoms. The molecule has 1 atom stereocenters. The van der Waals surface area contributed by atoms with Crippen LogP contribution in [-0.4, -0.2) is 50.3 Å². The van der Waals surface area contributed by atoms with Gasteiger partial charge in [-0.2, -0.15) is 0 Å². The third-order valence-electron chi connectivity index (χ3n) is 4.95. The van der Waals surface area contributed by atoms with E-state index in [1.165, 1.54) is 7.11 Å². The molecule has 0 radical (unpaired) electrons. The van der Waals surface area contributed by atoms with Crippen LogP contribution in [0.15, 0.2) is 30.6 Å². The third kappa shape index (κ3) is 4.13. The fourth-order valence-electron chi connectivity index (χ4n) is 3.35. The number of hydrogen-bond donors (Lipinski definition) is 3. The van der Waals surface area contributed by atoms with E-state index in [1.54, 1.807) is 25.1 Å². The van der Waals surface area contributed by atoms with Crippen LogP contribution in [-0.2, 0) is 11.2 Å². The van der Waals surface area contributed by atoms with Gasteiger partial charge in [0.15, 0.2) is 11.3 Å². The number of benzene rings is 1. The van der Waals surface area contributed by atoms with Crippen molar-refractivity contribution in [1.82, 2.24) is 19.7 Å². The van der Waals surface area contributed by atoms with Crippen molar-refractivity contribution in [2.45, 2.75) is 26.3 Å². The highest BCUT2D eigenvalue weighted by atomic mass is 16.5. The maximum absolute atomic E-state index is 12.9. The predicted molar refractivity (Wildman–Crippen MR) is 112 cm³/mol. The number of methoxy groups -OCH3 is 1. The molecule has 0 unspecified atom stereocenters. The molecule has 0 saturated heterocycles. The first kappa shape index (κ1) is 22.4. The number of primary amides is 1. The summed E-state index contributed by atoms with van der Waals surface area (Å²) in [6.45, 7) is 3.66. The molecular weight excluding hydrogens is 418 g/mol. The molecule has 2 heterocycles. The average molecular weight is 439 g/mol. The summed E-state index contributed by atoms with van der Waals surface area (Å²) in [5, 5.41) is 12.3. The molecule has 2 amide bonds. The first-order valence-electron chi connectivity index (χ1n) is 9.61. The lowest BCUT2D eigenvalue weighted by molar-refractivity contribution is 0.0599. The Bertz CT molecular complexity index is 1250. The Hall–Kier alpha value is -4.28. The molecule has 0 fully saturated rings. The van der Waals surface area contributed by atoms with Crippen LogP contribution >= 0.6 is 0 Å². The molecule has 3 rings (SSSR count). The summed E-state index contributed by atoms with van der Waals surface area (Å²) >= 11 is 0. The van der Waals surface area contributed by atoms with Crippen molar-refractivity contribution in [1.29, 1.82) is 0 Å². The number of nitrogens with one attached hydrogen (secondary N) is 1. The van der Waals surface area contributed by atoms with Gasteiger partial charge in [-0.1, -0.05) is 13.0 Å². The van der Waals surface area contributed by atoms with E-state index in [4.69, 9.17) is 10.5 Å². The van der Waals surface area contributed by atoms with Gasteiger partial charge in [-0.15, -0.1) is 0 Å². The fourth-order valence-corrected chi connectivity index (χ4v) is 3.35. The summed E-state index contributed by atoms with van der Waals surface area (Å²) in [4.78, 5) is 55.8. The lowest BCUT2D eigenvalue weighted by Gasteiger charge is -2.18. The zero-order valence-corrected chi connectivity index (χ0v) is 17.6. The molecule has 0 aliphatic rings. The van der Waals surface area contributed by atoms with E-state index >= 15 is 0 Å². The molecule has 4 N–H and O–H groups in total. The van der Waals surface area contributed by atoms with Gasteiger partial charge in [-0.25, -0.2) is 19.6 Å². The Morgan fingerprint density at radius 2 is 1.97 bits per heavy atom. The summed E-state index contributed by atoms with van der Waals surface area (Å²) in [5.41, 5.74) is 6.38. The van der Waals surface area contributed by atoms with Crippen molar-refractivity contribution in [3.8, 4) is 0 Å². The Balaban J connectivity index is 1.96. The first-order chi connectivity index (χ1) is 15.2. The van der Waals surface area contributed by atoms with Crippen molar-refractivity contribution in [3.05, 3.63) is 64.4 Å². The molecule has 0 aliphatic carbocycles. The first-order valence-corrected chi connectivity index (χ1v) is 9.61. The van der Waals surface area contributed by atoms with E-state index in [1.807, 2.05) is 6.92 Å². The van der Waals surface area contributed by atoms with Gasteiger partial charge < -0.3 is 20.9 Å². The van der Waals surface area contributed by atoms with Crippen LogP contribution in [0.5, 0.6) is 0 Å². The molecule has 0 spiro atoms. The summed E-state index contributed by atoms with van der Waals surface area (Å²) in [6, 6.07) is 5.61. The molecule has 32 heavy (non-hydrogen) atoms.